The summed E-state index contributed by atoms with van der Waals surface area (Å²) in [6, 6.07) is 13.2. The summed E-state index contributed by atoms with van der Waals surface area (Å²) in [5.74, 6) is 1.04. The highest BCUT2D eigenvalue weighted by Crippen LogP contribution is 2.34. The molecule has 0 saturated carbocycles. The molecule has 2 aliphatic rings. The van der Waals surface area contributed by atoms with Gasteiger partial charge < -0.3 is 14.1 Å². The molecule has 0 atom stereocenters. The van der Waals surface area contributed by atoms with Crippen molar-refractivity contribution in [3.63, 3.8) is 0 Å². The van der Waals surface area contributed by atoms with E-state index in [4.69, 9.17) is 9.15 Å². The molecule has 0 N–H and O–H groups in total. The third-order valence-electron chi connectivity index (χ3n) is 4.27. The first-order chi connectivity index (χ1) is 12.7. The Hall–Kier alpha value is -2.51. The summed E-state index contributed by atoms with van der Waals surface area (Å²) in [6.45, 7) is 3.18. The lowest BCUT2D eigenvalue weighted by Gasteiger charge is -2.26. The zero-order valence-corrected chi connectivity index (χ0v) is 14.9. The van der Waals surface area contributed by atoms with Gasteiger partial charge in [0, 0.05) is 25.2 Å². The Kier molecular flexibility index (Phi) is 4.81. The van der Waals surface area contributed by atoms with Crippen LogP contribution in [-0.4, -0.2) is 42.3 Å². The van der Waals surface area contributed by atoms with Crippen molar-refractivity contribution in [1.82, 2.24) is 4.90 Å². The van der Waals surface area contributed by atoms with E-state index in [2.05, 4.69) is 4.90 Å². The van der Waals surface area contributed by atoms with Gasteiger partial charge in [0.1, 0.15) is 5.76 Å². The second-order valence-electron chi connectivity index (χ2n) is 6.03. The van der Waals surface area contributed by atoms with Crippen molar-refractivity contribution in [2.75, 3.05) is 31.2 Å². The molecule has 4 rings (SSSR count). The quantitative estimate of drug-likeness (QED) is 0.769. The second-order valence-corrected chi connectivity index (χ2v) is 7.02. The molecule has 1 aromatic carbocycles. The first kappa shape index (κ1) is 16.9. The number of anilines is 1. The van der Waals surface area contributed by atoms with E-state index in [1.165, 1.54) is 4.90 Å². The van der Waals surface area contributed by atoms with Gasteiger partial charge in [0.25, 0.3) is 11.1 Å². The minimum atomic E-state index is -0.284. The molecule has 3 heterocycles. The number of imide groups is 1. The molecular formula is C19H18N2O4S. The normalized spacial score (nSPS) is 19.6. The Labute approximate surface area is 155 Å². The van der Waals surface area contributed by atoms with Crippen LogP contribution in [-0.2, 0) is 16.1 Å². The van der Waals surface area contributed by atoms with Crippen LogP contribution in [0.3, 0.4) is 0 Å². The summed E-state index contributed by atoms with van der Waals surface area (Å²) in [7, 11) is 0. The largest absolute Gasteiger partial charge is 0.441 e. The number of ether oxygens (including phenoxy) is 1. The fourth-order valence-electron chi connectivity index (χ4n) is 2.90. The third kappa shape index (κ3) is 3.54. The van der Waals surface area contributed by atoms with Gasteiger partial charge in [-0.3, -0.25) is 14.5 Å². The molecule has 1 aromatic heterocycles. The van der Waals surface area contributed by atoms with Crippen molar-refractivity contribution < 1.29 is 18.7 Å². The highest BCUT2D eigenvalue weighted by atomic mass is 32.2. The van der Waals surface area contributed by atoms with E-state index < -0.39 is 0 Å². The van der Waals surface area contributed by atoms with Gasteiger partial charge in [-0.25, -0.2) is 0 Å². The Morgan fingerprint density at radius 1 is 1.04 bits per heavy atom. The molecule has 7 heteroatoms. The lowest BCUT2D eigenvalue weighted by atomic mass is 10.2. The predicted molar refractivity (Wildman–Crippen MR) is 99.7 cm³/mol. The molecule has 2 saturated heterocycles. The molecule has 2 fully saturated rings. The molecule has 134 valence electrons. The number of rotatable bonds is 4. The summed E-state index contributed by atoms with van der Waals surface area (Å²) in [5.41, 5.74) is 0.920. The number of amides is 2. The van der Waals surface area contributed by atoms with Gasteiger partial charge in [-0.15, -0.1) is 0 Å². The van der Waals surface area contributed by atoms with Gasteiger partial charge in [0.2, 0.25) is 0 Å². The maximum absolute atomic E-state index is 12.6. The molecule has 26 heavy (non-hydrogen) atoms. The van der Waals surface area contributed by atoms with Crippen LogP contribution in [0.4, 0.5) is 10.7 Å². The molecular weight excluding hydrogens is 352 g/mol. The van der Waals surface area contributed by atoms with Crippen LogP contribution < -0.4 is 4.90 Å². The van der Waals surface area contributed by atoms with Crippen LogP contribution in [0.25, 0.3) is 6.08 Å². The smallest absolute Gasteiger partial charge is 0.293 e. The number of morpholine rings is 1. The predicted octanol–water partition coefficient (Wildman–Crippen LogP) is 3.35. The summed E-state index contributed by atoms with van der Waals surface area (Å²) in [5, 5.41) is -0.259. The molecule has 0 radical (unpaired) electrons. The Balaban J connectivity index is 1.48. The number of thioether (sulfide) groups is 1. The topological polar surface area (TPSA) is 63.0 Å². The van der Waals surface area contributed by atoms with Crippen LogP contribution in [0, 0.1) is 0 Å². The lowest BCUT2D eigenvalue weighted by molar-refractivity contribution is -0.123. The van der Waals surface area contributed by atoms with Crippen molar-refractivity contribution in [3.8, 4) is 0 Å². The molecule has 0 unspecified atom stereocenters. The van der Waals surface area contributed by atoms with E-state index in [0.717, 1.165) is 36.3 Å². The fraction of sp³-hybridized carbons (Fsp3) is 0.263. The van der Waals surface area contributed by atoms with E-state index in [0.29, 0.717) is 23.9 Å². The van der Waals surface area contributed by atoms with Crippen LogP contribution >= 0.6 is 11.8 Å². The molecule has 2 aromatic rings. The van der Waals surface area contributed by atoms with Crippen molar-refractivity contribution in [1.29, 1.82) is 0 Å². The highest BCUT2D eigenvalue weighted by molar-refractivity contribution is 8.18. The third-order valence-corrected chi connectivity index (χ3v) is 5.17. The number of carbonyl (C=O) groups is 2. The number of hydrogen-bond donors (Lipinski definition) is 0. The van der Waals surface area contributed by atoms with Crippen LogP contribution in [0.1, 0.15) is 11.3 Å². The van der Waals surface area contributed by atoms with Crippen molar-refractivity contribution >= 4 is 34.9 Å². The van der Waals surface area contributed by atoms with Gasteiger partial charge >= 0.3 is 0 Å². The standard InChI is InChI=1S/C19H18N2O4S/c22-18-16(26-19(23)21(18)13-14-4-2-1-3-5-14)12-15-6-7-17(25-15)20-8-10-24-11-9-20/h1-7,12H,8-11,13H2/b16-12-. The first-order valence-electron chi connectivity index (χ1n) is 8.42. The SMILES string of the molecule is O=C1S/C(=C\c2ccc(N3CCOCC3)o2)C(=O)N1Cc1ccccc1. The molecule has 0 aliphatic carbocycles. The minimum Gasteiger partial charge on any atom is -0.441 e. The Bertz CT molecular complexity index is 840. The second kappa shape index (κ2) is 7.39. The number of furan rings is 1. The summed E-state index contributed by atoms with van der Waals surface area (Å²) < 4.78 is 11.2. The van der Waals surface area contributed by atoms with Crippen LogP contribution in [0.2, 0.25) is 0 Å². The van der Waals surface area contributed by atoms with Gasteiger partial charge in [-0.1, -0.05) is 30.3 Å². The highest BCUT2D eigenvalue weighted by Gasteiger charge is 2.35. The van der Waals surface area contributed by atoms with E-state index in [1.807, 2.05) is 42.5 Å². The molecule has 0 bridgehead atoms. The number of benzene rings is 1. The molecule has 2 aliphatic heterocycles. The zero-order chi connectivity index (χ0) is 17.9. The first-order valence-corrected chi connectivity index (χ1v) is 9.24. The molecule has 6 nitrogen and oxygen atoms in total. The van der Waals surface area contributed by atoms with E-state index in [9.17, 15) is 9.59 Å². The maximum atomic E-state index is 12.6. The molecule has 2 amide bonds. The van der Waals surface area contributed by atoms with Gasteiger partial charge in [-0.05, 0) is 23.4 Å². The number of carbonyl (C=O) groups excluding carboxylic acids is 2. The Morgan fingerprint density at radius 2 is 1.81 bits per heavy atom. The van der Waals surface area contributed by atoms with Crippen LogP contribution in [0.5, 0.6) is 0 Å². The maximum Gasteiger partial charge on any atom is 0.293 e. The number of nitrogens with zero attached hydrogens (tertiary/aromatic N) is 2. The Morgan fingerprint density at radius 3 is 2.58 bits per heavy atom. The fourth-order valence-corrected chi connectivity index (χ4v) is 3.72. The number of hydrogen-bond acceptors (Lipinski definition) is 6. The van der Waals surface area contributed by atoms with Gasteiger partial charge in [0.05, 0.1) is 24.7 Å². The van der Waals surface area contributed by atoms with Gasteiger partial charge in [-0.2, -0.15) is 0 Å². The average Bonchev–Trinajstić information content (AvgIpc) is 3.24. The van der Waals surface area contributed by atoms with E-state index >= 15 is 0 Å². The van der Waals surface area contributed by atoms with Crippen molar-refractivity contribution in [3.05, 3.63) is 58.7 Å². The van der Waals surface area contributed by atoms with E-state index in [-0.39, 0.29) is 17.7 Å². The van der Waals surface area contributed by atoms with Crippen molar-refractivity contribution in [2.24, 2.45) is 0 Å². The monoisotopic (exact) mass is 370 g/mol. The minimum absolute atomic E-state index is 0.259. The summed E-state index contributed by atoms with van der Waals surface area (Å²) >= 11 is 0.946. The lowest BCUT2D eigenvalue weighted by Crippen LogP contribution is -2.35. The van der Waals surface area contributed by atoms with Gasteiger partial charge in [0.15, 0.2) is 5.88 Å². The van der Waals surface area contributed by atoms with Crippen molar-refractivity contribution in [2.45, 2.75) is 6.54 Å². The van der Waals surface area contributed by atoms with E-state index in [1.54, 1.807) is 6.08 Å². The summed E-state index contributed by atoms with van der Waals surface area (Å²) in [4.78, 5) is 28.5. The average molecular weight is 370 g/mol. The van der Waals surface area contributed by atoms with Crippen LogP contribution in [0.15, 0.2) is 51.8 Å². The zero-order valence-electron chi connectivity index (χ0n) is 14.1. The summed E-state index contributed by atoms with van der Waals surface area (Å²) in [6.07, 6.45) is 1.64. The molecule has 0 spiro atoms.